The minimum absolute atomic E-state index is 0.318. The smallest absolute Gasteiger partial charge is 0.201 e. The van der Waals surface area contributed by atoms with Gasteiger partial charge in [0.15, 0.2) is 0 Å². The zero-order valence-corrected chi connectivity index (χ0v) is 13.0. The van der Waals surface area contributed by atoms with Crippen molar-refractivity contribution in [1.82, 2.24) is 4.98 Å². The minimum Gasteiger partial charge on any atom is -0.350 e. The molecular weight excluding hydrogens is 258 g/mol. The van der Waals surface area contributed by atoms with Crippen LogP contribution in [0.15, 0.2) is 5.38 Å². The Morgan fingerprint density at radius 1 is 1.26 bits per heavy atom. The molecule has 0 spiro atoms. The van der Waals surface area contributed by atoms with Gasteiger partial charge in [-0.05, 0) is 31.6 Å². The Labute approximate surface area is 120 Å². The van der Waals surface area contributed by atoms with Crippen LogP contribution in [0.4, 0.5) is 0 Å². The highest BCUT2D eigenvalue weighted by atomic mass is 32.1. The monoisotopic (exact) mass is 283 g/mol. The summed E-state index contributed by atoms with van der Waals surface area (Å²) in [5, 5.41) is 3.34. The van der Waals surface area contributed by atoms with Gasteiger partial charge in [0.25, 0.3) is 0 Å². The van der Waals surface area contributed by atoms with Gasteiger partial charge in [0.1, 0.15) is 5.69 Å². The van der Waals surface area contributed by atoms with Gasteiger partial charge in [0, 0.05) is 25.5 Å². The third kappa shape index (κ3) is 3.77. The van der Waals surface area contributed by atoms with Crippen molar-refractivity contribution in [2.45, 2.75) is 57.7 Å². The molecule has 0 bridgehead atoms. The second kappa shape index (κ2) is 7.36. The molecule has 2 rings (SSSR count). The molecule has 19 heavy (non-hydrogen) atoms. The molecule has 0 saturated heterocycles. The summed E-state index contributed by atoms with van der Waals surface area (Å²) < 4.78 is 10.5. The zero-order valence-electron chi connectivity index (χ0n) is 12.2. The van der Waals surface area contributed by atoms with Gasteiger partial charge in [-0.15, -0.1) is 11.3 Å². The Morgan fingerprint density at radius 2 is 1.95 bits per heavy atom. The van der Waals surface area contributed by atoms with Gasteiger partial charge in [0.05, 0.1) is 5.01 Å². The highest BCUT2D eigenvalue weighted by molar-refractivity contribution is 7.09. The third-order valence-electron chi connectivity index (χ3n) is 4.10. The van der Waals surface area contributed by atoms with Gasteiger partial charge < -0.3 is 9.47 Å². The average molecular weight is 283 g/mol. The summed E-state index contributed by atoms with van der Waals surface area (Å²) in [6.07, 6.45) is 7.72. The van der Waals surface area contributed by atoms with Crippen LogP contribution in [0, 0.1) is 5.92 Å². The van der Waals surface area contributed by atoms with Crippen LogP contribution in [0.2, 0.25) is 0 Å². The normalized spacial score (nSPS) is 24.0. The molecule has 4 heteroatoms. The van der Waals surface area contributed by atoms with E-state index in [0.717, 1.165) is 11.6 Å². The van der Waals surface area contributed by atoms with Crippen LogP contribution in [-0.4, -0.2) is 19.2 Å². The Bertz CT molecular complexity index is 368. The van der Waals surface area contributed by atoms with E-state index in [9.17, 15) is 0 Å². The molecule has 0 aliphatic heterocycles. The maximum atomic E-state index is 5.26. The molecule has 108 valence electrons. The van der Waals surface area contributed by atoms with Crippen molar-refractivity contribution >= 4 is 11.3 Å². The Balaban J connectivity index is 1.93. The highest BCUT2D eigenvalue weighted by Gasteiger charge is 2.25. The second-order valence-electron chi connectivity index (χ2n) is 5.42. The van der Waals surface area contributed by atoms with E-state index in [1.54, 1.807) is 25.6 Å². The zero-order chi connectivity index (χ0) is 13.7. The first kappa shape index (κ1) is 14.9. The Kier molecular flexibility index (Phi) is 5.79. The lowest BCUT2D eigenvalue weighted by atomic mass is 9.80. The lowest BCUT2D eigenvalue weighted by molar-refractivity contribution is -0.108. The van der Waals surface area contributed by atoms with Gasteiger partial charge in [-0.2, -0.15) is 0 Å². The van der Waals surface area contributed by atoms with Gasteiger partial charge >= 0.3 is 0 Å². The molecule has 1 aliphatic rings. The van der Waals surface area contributed by atoms with Crippen molar-refractivity contribution in [3.8, 4) is 0 Å². The average Bonchev–Trinajstić information content (AvgIpc) is 2.91. The molecule has 1 aromatic heterocycles. The number of thiazole rings is 1. The summed E-state index contributed by atoms with van der Waals surface area (Å²) in [6, 6.07) is 0. The number of hydrogen-bond donors (Lipinski definition) is 0. The molecule has 0 radical (unpaired) electrons. The standard InChI is InChI=1S/C15H25NO2S/c1-4-5-11-6-8-12(9-7-11)14-16-13(10-19-14)15(17-2)18-3/h10-12,15H,4-9H2,1-3H3. The van der Waals surface area contributed by atoms with Crippen LogP contribution in [-0.2, 0) is 9.47 Å². The van der Waals surface area contributed by atoms with E-state index in [1.807, 2.05) is 0 Å². The quantitative estimate of drug-likeness (QED) is 0.720. The van der Waals surface area contributed by atoms with Gasteiger partial charge in [0.2, 0.25) is 6.29 Å². The van der Waals surface area contributed by atoms with E-state index < -0.39 is 0 Å². The predicted molar refractivity (Wildman–Crippen MR) is 78.5 cm³/mol. The molecule has 0 N–H and O–H groups in total. The van der Waals surface area contributed by atoms with Gasteiger partial charge in [-0.3, -0.25) is 0 Å². The third-order valence-corrected chi connectivity index (χ3v) is 5.13. The molecule has 1 aromatic rings. The molecule has 1 heterocycles. The van der Waals surface area contributed by atoms with E-state index in [0.29, 0.717) is 5.92 Å². The van der Waals surface area contributed by atoms with Crippen molar-refractivity contribution in [2.24, 2.45) is 5.92 Å². The number of rotatable bonds is 6. The molecule has 0 amide bonds. The van der Waals surface area contributed by atoms with Crippen LogP contribution in [0.1, 0.15) is 68.4 Å². The molecule has 0 atom stereocenters. The van der Waals surface area contributed by atoms with Gasteiger partial charge in [-0.25, -0.2) is 4.98 Å². The summed E-state index contributed by atoms with van der Waals surface area (Å²) in [6.45, 7) is 2.29. The number of ether oxygens (including phenoxy) is 2. The maximum absolute atomic E-state index is 5.26. The number of nitrogens with zero attached hydrogens (tertiary/aromatic N) is 1. The van der Waals surface area contributed by atoms with Crippen LogP contribution in [0.25, 0.3) is 0 Å². The van der Waals surface area contributed by atoms with Crippen LogP contribution in [0.3, 0.4) is 0 Å². The van der Waals surface area contributed by atoms with Crippen molar-refractivity contribution in [1.29, 1.82) is 0 Å². The van der Waals surface area contributed by atoms with Crippen molar-refractivity contribution in [2.75, 3.05) is 14.2 Å². The fraction of sp³-hybridized carbons (Fsp3) is 0.800. The first-order valence-corrected chi connectivity index (χ1v) is 8.17. The van der Waals surface area contributed by atoms with Crippen molar-refractivity contribution < 1.29 is 9.47 Å². The largest absolute Gasteiger partial charge is 0.350 e. The lowest BCUT2D eigenvalue weighted by Gasteiger charge is -2.27. The molecule has 1 aliphatic carbocycles. The van der Waals surface area contributed by atoms with Crippen LogP contribution >= 0.6 is 11.3 Å². The fourth-order valence-electron chi connectivity index (χ4n) is 3.04. The van der Waals surface area contributed by atoms with Crippen molar-refractivity contribution in [3.63, 3.8) is 0 Å². The SMILES string of the molecule is CCCC1CCC(c2nc(C(OC)OC)cs2)CC1. The number of methoxy groups -OCH3 is 2. The summed E-state index contributed by atoms with van der Waals surface area (Å²) in [7, 11) is 3.31. The van der Waals surface area contributed by atoms with Gasteiger partial charge in [-0.1, -0.05) is 19.8 Å². The molecule has 1 fully saturated rings. The summed E-state index contributed by atoms with van der Waals surface area (Å²) in [4.78, 5) is 4.72. The second-order valence-corrected chi connectivity index (χ2v) is 6.31. The van der Waals surface area contributed by atoms with E-state index >= 15 is 0 Å². The molecule has 3 nitrogen and oxygen atoms in total. The summed E-state index contributed by atoms with van der Waals surface area (Å²) in [5.41, 5.74) is 0.917. The molecular formula is C15H25NO2S. The summed E-state index contributed by atoms with van der Waals surface area (Å²) in [5.74, 6) is 1.60. The Morgan fingerprint density at radius 3 is 2.53 bits per heavy atom. The van der Waals surface area contributed by atoms with Crippen LogP contribution < -0.4 is 0 Å². The first-order valence-electron chi connectivity index (χ1n) is 7.29. The number of aromatic nitrogens is 1. The first-order chi connectivity index (χ1) is 9.28. The van der Waals surface area contributed by atoms with E-state index in [2.05, 4.69) is 12.3 Å². The maximum Gasteiger partial charge on any atom is 0.201 e. The predicted octanol–water partition coefficient (Wildman–Crippen LogP) is 4.51. The topological polar surface area (TPSA) is 31.4 Å². The van der Waals surface area contributed by atoms with Crippen LogP contribution in [0.5, 0.6) is 0 Å². The Hall–Kier alpha value is -0.450. The minimum atomic E-state index is -0.318. The summed E-state index contributed by atoms with van der Waals surface area (Å²) >= 11 is 1.76. The van der Waals surface area contributed by atoms with E-state index in [4.69, 9.17) is 14.5 Å². The fourth-order valence-corrected chi connectivity index (χ4v) is 4.03. The highest BCUT2D eigenvalue weighted by Crippen LogP contribution is 2.39. The lowest BCUT2D eigenvalue weighted by Crippen LogP contribution is -2.13. The molecule has 0 unspecified atom stereocenters. The van der Waals surface area contributed by atoms with Crippen molar-refractivity contribution in [3.05, 3.63) is 16.1 Å². The molecule has 1 saturated carbocycles. The number of hydrogen-bond acceptors (Lipinski definition) is 4. The molecule has 0 aromatic carbocycles. The van der Waals surface area contributed by atoms with E-state index in [1.165, 1.54) is 43.5 Å². The van der Waals surface area contributed by atoms with E-state index in [-0.39, 0.29) is 6.29 Å².